The summed E-state index contributed by atoms with van der Waals surface area (Å²) in [6.45, 7) is 6.96. The zero-order chi connectivity index (χ0) is 16.3. The number of carbonyl (C=O) groups excluding carboxylic acids is 1. The van der Waals surface area contributed by atoms with E-state index in [0.717, 1.165) is 19.5 Å². The molecule has 0 radical (unpaired) electrons. The fourth-order valence-electron chi connectivity index (χ4n) is 3.03. The summed E-state index contributed by atoms with van der Waals surface area (Å²) in [5, 5.41) is 3.05. The highest BCUT2D eigenvalue weighted by Gasteiger charge is 2.30. The fraction of sp³-hybridized carbons (Fsp3) is 0.368. The third-order valence-corrected chi connectivity index (χ3v) is 4.61. The molecule has 0 bridgehead atoms. The largest absolute Gasteiger partial charge is 0.350 e. The molecule has 1 N–H and O–H groups in total. The van der Waals surface area contributed by atoms with Gasteiger partial charge in [0.15, 0.2) is 0 Å². The quantitative estimate of drug-likeness (QED) is 0.944. The van der Waals surface area contributed by atoms with Gasteiger partial charge in [0.25, 0.3) is 5.91 Å². The van der Waals surface area contributed by atoms with Crippen molar-refractivity contribution in [3.63, 3.8) is 0 Å². The van der Waals surface area contributed by atoms with Gasteiger partial charge in [-0.25, -0.2) is 0 Å². The Balaban J connectivity index is 1.62. The Morgan fingerprint density at radius 2 is 1.87 bits per heavy atom. The molecule has 1 aromatic carbocycles. The molecule has 0 unspecified atom stereocenters. The summed E-state index contributed by atoms with van der Waals surface area (Å²) in [4.78, 5) is 18.6. The molecule has 0 spiro atoms. The van der Waals surface area contributed by atoms with Crippen molar-refractivity contribution in [1.82, 2.24) is 15.2 Å². The first-order valence-electron chi connectivity index (χ1n) is 8.06. The molecule has 1 amide bonds. The number of rotatable bonds is 4. The second-order valence-electron chi connectivity index (χ2n) is 6.67. The third kappa shape index (κ3) is 3.59. The van der Waals surface area contributed by atoms with E-state index in [1.54, 1.807) is 24.5 Å². The average molecular weight is 309 g/mol. The number of fused-ring (bicyclic) bond motifs is 1. The van der Waals surface area contributed by atoms with Crippen molar-refractivity contribution in [2.24, 2.45) is 0 Å². The van der Waals surface area contributed by atoms with Crippen LogP contribution in [0.3, 0.4) is 0 Å². The first-order chi connectivity index (χ1) is 11.1. The van der Waals surface area contributed by atoms with Gasteiger partial charge >= 0.3 is 0 Å². The molecule has 120 valence electrons. The van der Waals surface area contributed by atoms with Crippen LogP contribution in [-0.4, -0.2) is 34.4 Å². The highest BCUT2D eigenvalue weighted by molar-refractivity contribution is 5.94. The first kappa shape index (κ1) is 15.7. The van der Waals surface area contributed by atoms with Gasteiger partial charge in [0, 0.05) is 43.1 Å². The summed E-state index contributed by atoms with van der Waals surface area (Å²) >= 11 is 0. The predicted octanol–water partition coefficient (Wildman–Crippen LogP) is 2.65. The van der Waals surface area contributed by atoms with Gasteiger partial charge in [0.05, 0.1) is 0 Å². The van der Waals surface area contributed by atoms with Crippen LogP contribution in [0.5, 0.6) is 0 Å². The number of nitrogens with zero attached hydrogens (tertiary/aromatic N) is 2. The van der Waals surface area contributed by atoms with E-state index < -0.39 is 0 Å². The lowest BCUT2D eigenvalue weighted by Crippen LogP contribution is -2.53. The molecule has 0 saturated heterocycles. The summed E-state index contributed by atoms with van der Waals surface area (Å²) in [6, 6.07) is 12.1. The standard InChI is InChI=1S/C19H23N3O/c1-19(2,14-21-18(23)16-7-10-20-11-8-16)22-12-9-15-5-3-4-6-17(15)13-22/h3-8,10-11H,9,12-14H2,1-2H3,(H,21,23). The van der Waals surface area contributed by atoms with Crippen LogP contribution in [0.15, 0.2) is 48.8 Å². The van der Waals surface area contributed by atoms with Crippen molar-refractivity contribution < 1.29 is 4.79 Å². The topological polar surface area (TPSA) is 45.2 Å². The molecule has 4 heteroatoms. The van der Waals surface area contributed by atoms with Crippen LogP contribution in [0.4, 0.5) is 0 Å². The third-order valence-electron chi connectivity index (χ3n) is 4.61. The maximum Gasteiger partial charge on any atom is 0.251 e. The van der Waals surface area contributed by atoms with Crippen molar-refractivity contribution in [2.75, 3.05) is 13.1 Å². The first-order valence-corrected chi connectivity index (χ1v) is 8.06. The molecular weight excluding hydrogens is 286 g/mol. The molecular formula is C19H23N3O. The highest BCUT2D eigenvalue weighted by Crippen LogP contribution is 2.24. The van der Waals surface area contributed by atoms with Gasteiger partial charge < -0.3 is 5.32 Å². The van der Waals surface area contributed by atoms with Crippen LogP contribution in [-0.2, 0) is 13.0 Å². The molecule has 3 rings (SSSR count). The lowest BCUT2D eigenvalue weighted by Gasteiger charge is -2.41. The van der Waals surface area contributed by atoms with Crippen molar-refractivity contribution in [1.29, 1.82) is 0 Å². The summed E-state index contributed by atoms with van der Waals surface area (Å²) in [6.07, 6.45) is 4.35. The van der Waals surface area contributed by atoms with E-state index in [2.05, 4.69) is 53.3 Å². The van der Waals surface area contributed by atoms with E-state index in [1.165, 1.54) is 11.1 Å². The highest BCUT2D eigenvalue weighted by atomic mass is 16.1. The Labute approximate surface area is 137 Å². The van der Waals surface area contributed by atoms with E-state index in [4.69, 9.17) is 0 Å². The summed E-state index contributed by atoms with van der Waals surface area (Å²) < 4.78 is 0. The smallest absolute Gasteiger partial charge is 0.251 e. The average Bonchev–Trinajstić information content (AvgIpc) is 2.60. The summed E-state index contributed by atoms with van der Waals surface area (Å²) in [5.41, 5.74) is 3.41. The molecule has 1 aliphatic heterocycles. The lowest BCUT2D eigenvalue weighted by molar-refractivity contribution is 0.0826. The van der Waals surface area contributed by atoms with Crippen LogP contribution in [0.25, 0.3) is 0 Å². The summed E-state index contributed by atoms with van der Waals surface area (Å²) in [7, 11) is 0. The van der Waals surface area contributed by atoms with Crippen LogP contribution in [0.2, 0.25) is 0 Å². The zero-order valence-electron chi connectivity index (χ0n) is 13.7. The minimum atomic E-state index is -0.0871. The van der Waals surface area contributed by atoms with Gasteiger partial charge in [-0.15, -0.1) is 0 Å². The number of aromatic nitrogens is 1. The maximum absolute atomic E-state index is 12.2. The van der Waals surface area contributed by atoms with Crippen LogP contribution >= 0.6 is 0 Å². The van der Waals surface area contributed by atoms with Gasteiger partial charge in [0.1, 0.15) is 0 Å². The zero-order valence-corrected chi connectivity index (χ0v) is 13.7. The van der Waals surface area contributed by atoms with Gasteiger partial charge in [-0.1, -0.05) is 24.3 Å². The van der Waals surface area contributed by atoms with E-state index in [1.807, 2.05) is 0 Å². The summed E-state index contributed by atoms with van der Waals surface area (Å²) in [5.74, 6) is -0.0436. The monoisotopic (exact) mass is 309 g/mol. The normalized spacial score (nSPS) is 15.0. The van der Waals surface area contributed by atoms with Gasteiger partial charge in [-0.3, -0.25) is 14.7 Å². The van der Waals surface area contributed by atoms with E-state index in [-0.39, 0.29) is 11.4 Å². The molecule has 0 saturated carbocycles. The van der Waals surface area contributed by atoms with Crippen molar-refractivity contribution in [2.45, 2.75) is 32.4 Å². The SMILES string of the molecule is CC(C)(CNC(=O)c1ccncc1)N1CCc2ccccc2C1. The van der Waals surface area contributed by atoms with Gasteiger partial charge in [0.2, 0.25) is 0 Å². The van der Waals surface area contributed by atoms with E-state index in [0.29, 0.717) is 12.1 Å². The Kier molecular flexibility index (Phi) is 4.44. The predicted molar refractivity (Wildman–Crippen MR) is 91.2 cm³/mol. The minimum absolute atomic E-state index is 0.0436. The molecule has 1 aliphatic rings. The minimum Gasteiger partial charge on any atom is -0.350 e. The number of hydrogen-bond donors (Lipinski definition) is 1. The van der Waals surface area contributed by atoms with E-state index in [9.17, 15) is 4.79 Å². The molecule has 0 atom stereocenters. The molecule has 0 aliphatic carbocycles. The molecule has 23 heavy (non-hydrogen) atoms. The Morgan fingerprint density at radius 1 is 1.17 bits per heavy atom. The fourth-order valence-corrected chi connectivity index (χ4v) is 3.03. The Bertz CT molecular complexity index is 682. The molecule has 0 fully saturated rings. The van der Waals surface area contributed by atoms with Crippen LogP contribution in [0.1, 0.15) is 35.3 Å². The molecule has 4 nitrogen and oxygen atoms in total. The molecule has 1 aromatic heterocycles. The second-order valence-corrected chi connectivity index (χ2v) is 6.67. The van der Waals surface area contributed by atoms with Gasteiger partial charge in [-0.2, -0.15) is 0 Å². The van der Waals surface area contributed by atoms with Crippen LogP contribution < -0.4 is 5.32 Å². The number of amides is 1. The number of nitrogens with one attached hydrogen (secondary N) is 1. The van der Waals surface area contributed by atoms with Crippen molar-refractivity contribution in [3.8, 4) is 0 Å². The maximum atomic E-state index is 12.2. The Morgan fingerprint density at radius 3 is 2.61 bits per heavy atom. The van der Waals surface area contributed by atoms with Crippen molar-refractivity contribution >= 4 is 5.91 Å². The number of pyridine rings is 1. The molecule has 2 heterocycles. The van der Waals surface area contributed by atoms with Gasteiger partial charge in [-0.05, 0) is 43.5 Å². The second kappa shape index (κ2) is 6.50. The number of benzene rings is 1. The van der Waals surface area contributed by atoms with Crippen molar-refractivity contribution in [3.05, 3.63) is 65.5 Å². The Hall–Kier alpha value is -2.20. The van der Waals surface area contributed by atoms with E-state index >= 15 is 0 Å². The number of carbonyl (C=O) groups is 1. The number of hydrogen-bond acceptors (Lipinski definition) is 3. The lowest BCUT2D eigenvalue weighted by atomic mass is 9.94. The van der Waals surface area contributed by atoms with Crippen LogP contribution in [0, 0.1) is 0 Å². The molecule has 2 aromatic rings.